The van der Waals surface area contributed by atoms with E-state index in [2.05, 4.69) is 6.58 Å². The molecule has 0 bridgehead atoms. The summed E-state index contributed by atoms with van der Waals surface area (Å²) in [7, 11) is -1.97. The van der Waals surface area contributed by atoms with E-state index in [1.54, 1.807) is 6.92 Å². The molecule has 0 aliphatic carbocycles. The van der Waals surface area contributed by atoms with Gasteiger partial charge in [0.05, 0.1) is 6.61 Å². The summed E-state index contributed by atoms with van der Waals surface area (Å²) in [6.45, 7) is 9.20. The van der Waals surface area contributed by atoms with Gasteiger partial charge in [0.2, 0.25) is 0 Å². The minimum Gasteiger partial charge on any atom is -0.462 e. The van der Waals surface area contributed by atoms with Crippen LogP contribution in [0.2, 0.25) is 19.1 Å². The maximum absolute atomic E-state index is 10.9. The Morgan fingerprint density at radius 1 is 1.54 bits per heavy atom. The fourth-order valence-corrected chi connectivity index (χ4v) is 1.80. The molecule has 0 saturated heterocycles. The molecule has 0 aliphatic rings. The Labute approximate surface area is 80.5 Å². The minimum absolute atomic E-state index is 0.350. The second-order valence-corrected chi connectivity index (χ2v) is 7.96. The summed E-state index contributed by atoms with van der Waals surface area (Å²) in [5.41, 5.74) is 0.417. The lowest BCUT2D eigenvalue weighted by Gasteiger charge is -2.13. The summed E-state index contributed by atoms with van der Waals surface area (Å²) in [5.74, 6) is -0.350. The molecule has 0 spiro atoms. The first-order valence-electron chi connectivity index (χ1n) is 4.38. The van der Waals surface area contributed by atoms with Gasteiger partial charge in [0, 0.05) is 5.57 Å². The summed E-state index contributed by atoms with van der Waals surface area (Å²) in [6.07, 6.45) is 0.731. The summed E-state index contributed by atoms with van der Waals surface area (Å²) in [5, 5.41) is 0. The summed E-state index contributed by atoms with van der Waals surface area (Å²) >= 11 is 0. The number of hydrogen-bond acceptors (Lipinski definition) is 3. The number of ether oxygens (including phenoxy) is 1. The zero-order chi connectivity index (χ0) is 10.5. The molecule has 13 heavy (non-hydrogen) atoms. The van der Waals surface area contributed by atoms with Gasteiger partial charge < -0.3 is 9.53 Å². The zero-order valence-corrected chi connectivity index (χ0v) is 9.59. The van der Waals surface area contributed by atoms with Crippen molar-refractivity contribution in [3.63, 3.8) is 0 Å². The molecule has 0 aromatic heterocycles. The Morgan fingerprint density at radius 2 is 2.08 bits per heavy atom. The van der Waals surface area contributed by atoms with Crippen molar-refractivity contribution >= 4 is 14.3 Å². The molecule has 0 rings (SSSR count). The lowest BCUT2D eigenvalue weighted by Crippen LogP contribution is -2.25. The van der Waals surface area contributed by atoms with Crippen molar-refractivity contribution in [3.8, 4) is 0 Å². The van der Waals surface area contributed by atoms with E-state index < -0.39 is 8.32 Å². The smallest absolute Gasteiger partial charge is 0.333 e. The Hall–Kier alpha value is -0.613. The van der Waals surface area contributed by atoms with Gasteiger partial charge in [-0.1, -0.05) is 6.58 Å². The van der Waals surface area contributed by atoms with Gasteiger partial charge in [-0.25, -0.2) is 4.79 Å². The van der Waals surface area contributed by atoms with Crippen LogP contribution in [-0.4, -0.2) is 25.7 Å². The van der Waals surface area contributed by atoms with Crippen molar-refractivity contribution in [2.45, 2.75) is 32.5 Å². The topological polar surface area (TPSA) is 46.5 Å². The Morgan fingerprint density at radius 3 is 2.46 bits per heavy atom. The summed E-state index contributed by atoms with van der Waals surface area (Å²) in [4.78, 5) is 20.4. The first-order chi connectivity index (χ1) is 5.83. The maximum atomic E-state index is 10.9. The molecule has 0 aromatic carbocycles. The van der Waals surface area contributed by atoms with E-state index in [0.717, 1.165) is 12.5 Å². The lowest BCUT2D eigenvalue weighted by atomic mass is 10.4. The molecular weight excluding hydrogens is 184 g/mol. The number of esters is 1. The monoisotopic (exact) mass is 202 g/mol. The van der Waals surface area contributed by atoms with Gasteiger partial charge in [0.1, 0.15) is 0 Å². The molecule has 0 heterocycles. The second-order valence-electron chi connectivity index (χ2n) is 3.83. The van der Waals surface area contributed by atoms with E-state index in [0.29, 0.717) is 12.2 Å². The molecule has 0 amide bonds. The molecule has 3 nitrogen and oxygen atoms in total. The van der Waals surface area contributed by atoms with Crippen molar-refractivity contribution in [1.82, 2.24) is 0 Å². The Balaban J connectivity index is 3.47. The molecule has 0 fully saturated rings. The quantitative estimate of drug-likeness (QED) is 0.319. The van der Waals surface area contributed by atoms with Crippen molar-refractivity contribution in [3.05, 3.63) is 12.2 Å². The molecule has 1 N–H and O–H groups in total. The van der Waals surface area contributed by atoms with Crippen LogP contribution in [0, 0.1) is 0 Å². The van der Waals surface area contributed by atoms with Crippen LogP contribution < -0.4 is 0 Å². The standard InChI is InChI=1S/C9H18O3Si/c1-8(2)9(10)12-6-5-7-13(3,4)11/h11H,1,5-7H2,2-4H3. The third-order valence-corrected chi connectivity index (χ3v) is 3.09. The number of carbonyl (C=O) groups is 1. The highest BCUT2D eigenvalue weighted by molar-refractivity contribution is 6.69. The number of rotatable bonds is 5. The highest BCUT2D eigenvalue weighted by Gasteiger charge is 2.16. The van der Waals surface area contributed by atoms with Gasteiger partial charge in [-0.05, 0) is 32.5 Å². The predicted octanol–water partition coefficient (Wildman–Crippen LogP) is 1.69. The first kappa shape index (κ1) is 12.4. The first-order valence-corrected chi connectivity index (χ1v) is 7.53. The van der Waals surface area contributed by atoms with Gasteiger partial charge >= 0.3 is 5.97 Å². The lowest BCUT2D eigenvalue weighted by molar-refractivity contribution is -0.138. The van der Waals surface area contributed by atoms with E-state index >= 15 is 0 Å². The molecule has 0 radical (unpaired) electrons. The van der Waals surface area contributed by atoms with Crippen molar-refractivity contribution < 1.29 is 14.3 Å². The number of carbonyl (C=O) groups excluding carboxylic acids is 1. The van der Waals surface area contributed by atoms with Gasteiger partial charge in [0.15, 0.2) is 8.32 Å². The van der Waals surface area contributed by atoms with Gasteiger partial charge in [0.25, 0.3) is 0 Å². The van der Waals surface area contributed by atoms with Crippen LogP contribution in [0.4, 0.5) is 0 Å². The largest absolute Gasteiger partial charge is 0.462 e. The Kier molecular flexibility index (Phi) is 4.94. The molecule has 0 aliphatic heterocycles. The van der Waals surface area contributed by atoms with Crippen molar-refractivity contribution in [2.75, 3.05) is 6.61 Å². The van der Waals surface area contributed by atoms with E-state index in [-0.39, 0.29) is 5.97 Å². The molecule has 0 unspecified atom stereocenters. The van der Waals surface area contributed by atoms with Crippen molar-refractivity contribution in [2.24, 2.45) is 0 Å². The fourth-order valence-electron chi connectivity index (χ4n) is 0.793. The normalized spacial score (nSPS) is 11.1. The molecule has 4 heteroatoms. The molecular formula is C9H18O3Si. The van der Waals surface area contributed by atoms with Crippen LogP contribution in [0.5, 0.6) is 0 Å². The average molecular weight is 202 g/mol. The molecule has 0 atom stereocenters. The Bertz CT molecular complexity index is 194. The van der Waals surface area contributed by atoms with Crippen molar-refractivity contribution in [1.29, 1.82) is 0 Å². The van der Waals surface area contributed by atoms with E-state index in [1.165, 1.54) is 0 Å². The SMILES string of the molecule is C=C(C)C(=O)OCCC[Si](C)(C)O. The molecule has 76 valence electrons. The fraction of sp³-hybridized carbons (Fsp3) is 0.667. The van der Waals surface area contributed by atoms with E-state index in [9.17, 15) is 9.59 Å². The number of hydrogen-bond donors (Lipinski definition) is 1. The maximum Gasteiger partial charge on any atom is 0.333 e. The highest BCUT2D eigenvalue weighted by Crippen LogP contribution is 2.07. The third-order valence-electron chi connectivity index (χ3n) is 1.51. The van der Waals surface area contributed by atoms with Crippen LogP contribution in [0.3, 0.4) is 0 Å². The molecule has 0 saturated carbocycles. The third kappa shape index (κ3) is 7.74. The van der Waals surface area contributed by atoms with Gasteiger partial charge in [-0.3, -0.25) is 0 Å². The zero-order valence-electron chi connectivity index (χ0n) is 8.59. The van der Waals surface area contributed by atoms with Gasteiger partial charge in [-0.2, -0.15) is 0 Å². The molecule has 0 aromatic rings. The second kappa shape index (κ2) is 5.19. The predicted molar refractivity (Wildman–Crippen MR) is 54.9 cm³/mol. The highest BCUT2D eigenvalue weighted by atomic mass is 28.4. The van der Waals surface area contributed by atoms with Crippen LogP contribution in [0.25, 0.3) is 0 Å². The van der Waals surface area contributed by atoms with Crippen LogP contribution >= 0.6 is 0 Å². The van der Waals surface area contributed by atoms with Crippen LogP contribution in [0.1, 0.15) is 13.3 Å². The van der Waals surface area contributed by atoms with E-state index in [1.807, 2.05) is 13.1 Å². The summed E-state index contributed by atoms with van der Waals surface area (Å²) in [6, 6.07) is 0.760. The minimum atomic E-state index is -1.97. The van der Waals surface area contributed by atoms with E-state index in [4.69, 9.17) is 4.74 Å². The van der Waals surface area contributed by atoms with Gasteiger partial charge in [-0.15, -0.1) is 0 Å². The summed E-state index contributed by atoms with van der Waals surface area (Å²) < 4.78 is 4.87. The van der Waals surface area contributed by atoms with Crippen LogP contribution in [-0.2, 0) is 9.53 Å². The average Bonchev–Trinajstić information content (AvgIpc) is 1.95. The van der Waals surface area contributed by atoms with Crippen LogP contribution in [0.15, 0.2) is 12.2 Å².